The lowest BCUT2D eigenvalue weighted by Gasteiger charge is -2.25. The minimum Gasteiger partial charge on any atom is -0.481 e. The van der Waals surface area contributed by atoms with E-state index in [0.29, 0.717) is 23.4 Å². The highest BCUT2D eigenvalue weighted by molar-refractivity contribution is 7.89. The molecule has 0 saturated carbocycles. The molecule has 3 aromatic carbocycles. The second-order valence-electron chi connectivity index (χ2n) is 11.8. The number of rotatable bonds is 10. The van der Waals surface area contributed by atoms with Gasteiger partial charge in [-0.15, -0.1) is 0 Å². The van der Waals surface area contributed by atoms with Gasteiger partial charge in [-0.05, 0) is 117 Å². The Labute approximate surface area is 243 Å². The standard InChI is InChI=1S/C33H41FN2O4S/c1-22-15-27-17-25(7-6-14-35(4)5)9-13-32(27)41(39,40)36(20-22)21-28-18-26(10-8-23(28)2)31(19-33(37)38)30-12-11-29(34)16-24(30)3/h8-13,16-18,22,31H,6-7,14-15,19-21H2,1-5H3,(H,37,38). The molecule has 4 rings (SSSR count). The van der Waals surface area contributed by atoms with E-state index in [2.05, 4.69) is 17.9 Å². The van der Waals surface area contributed by atoms with Gasteiger partial charge in [-0.3, -0.25) is 4.79 Å². The van der Waals surface area contributed by atoms with Gasteiger partial charge in [0.25, 0.3) is 0 Å². The Hall–Kier alpha value is -3.07. The van der Waals surface area contributed by atoms with Crippen LogP contribution in [0.15, 0.2) is 59.5 Å². The smallest absolute Gasteiger partial charge is 0.304 e. The lowest BCUT2D eigenvalue weighted by Crippen LogP contribution is -2.33. The van der Waals surface area contributed by atoms with Crippen molar-refractivity contribution in [2.75, 3.05) is 27.2 Å². The van der Waals surface area contributed by atoms with Crippen molar-refractivity contribution >= 4 is 16.0 Å². The third-order valence-corrected chi connectivity index (χ3v) is 9.92. The Kier molecular flexibility index (Phi) is 9.67. The molecule has 41 heavy (non-hydrogen) atoms. The summed E-state index contributed by atoms with van der Waals surface area (Å²) >= 11 is 0. The Bertz CT molecular complexity index is 1520. The molecule has 0 aromatic heterocycles. The van der Waals surface area contributed by atoms with Crippen molar-refractivity contribution in [3.8, 4) is 0 Å². The molecule has 1 heterocycles. The SMILES string of the molecule is Cc1ccc(C(CC(=O)O)c2ccc(F)cc2C)cc1CN1CC(C)Cc2cc(CCCN(C)C)ccc2S1(=O)=O. The average molecular weight is 581 g/mol. The summed E-state index contributed by atoms with van der Waals surface area (Å²) in [4.78, 5) is 14.3. The zero-order valence-electron chi connectivity index (χ0n) is 24.7. The van der Waals surface area contributed by atoms with Crippen LogP contribution in [0.25, 0.3) is 0 Å². The van der Waals surface area contributed by atoms with Gasteiger partial charge in [0.1, 0.15) is 5.82 Å². The van der Waals surface area contributed by atoms with E-state index in [1.54, 1.807) is 23.4 Å². The number of benzene rings is 3. The van der Waals surface area contributed by atoms with E-state index in [4.69, 9.17) is 0 Å². The van der Waals surface area contributed by atoms with Crippen molar-refractivity contribution in [3.05, 3.63) is 99.4 Å². The number of hydrogen-bond acceptors (Lipinski definition) is 4. The molecule has 2 atom stereocenters. The van der Waals surface area contributed by atoms with Crippen LogP contribution in [0.4, 0.5) is 4.39 Å². The second-order valence-corrected chi connectivity index (χ2v) is 13.7. The zero-order valence-corrected chi connectivity index (χ0v) is 25.5. The number of carboxylic acid groups (broad SMARTS) is 1. The second kappa shape index (κ2) is 12.8. The number of fused-ring (bicyclic) bond motifs is 1. The summed E-state index contributed by atoms with van der Waals surface area (Å²) in [5.74, 6) is -1.68. The van der Waals surface area contributed by atoms with Crippen molar-refractivity contribution in [2.45, 2.75) is 63.8 Å². The fraction of sp³-hybridized carbons (Fsp3) is 0.424. The number of halogens is 1. The van der Waals surface area contributed by atoms with Gasteiger partial charge >= 0.3 is 5.97 Å². The van der Waals surface area contributed by atoms with Crippen molar-refractivity contribution in [1.29, 1.82) is 0 Å². The number of nitrogens with zero attached hydrogens (tertiary/aromatic N) is 2. The Morgan fingerprint density at radius 3 is 2.51 bits per heavy atom. The lowest BCUT2D eigenvalue weighted by atomic mass is 9.84. The number of aliphatic carboxylic acids is 1. The fourth-order valence-corrected chi connectivity index (χ4v) is 7.61. The average Bonchev–Trinajstić information content (AvgIpc) is 2.96. The number of carbonyl (C=O) groups is 1. The van der Waals surface area contributed by atoms with Gasteiger partial charge in [-0.2, -0.15) is 4.31 Å². The first-order chi connectivity index (χ1) is 19.3. The third-order valence-electron chi connectivity index (χ3n) is 8.01. The first-order valence-corrected chi connectivity index (χ1v) is 15.6. The maximum absolute atomic E-state index is 14.0. The van der Waals surface area contributed by atoms with Crippen LogP contribution in [-0.4, -0.2) is 55.9 Å². The van der Waals surface area contributed by atoms with Crippen LogP contribution in [0.2, 0.25) is 0 Å². The molecular formula is C33H41FN2O4S. The van der Waals surface area contributed by atoms with Gasteiger partial charge in [0, 0.05) is 19.0 Å². The molecule has 0 radical (unpaired) electrons. The van der Waals surface area contributed by atoms with E-state index >= 15 is 0 Å². The van der Waals surface area contributed by atoms with Gasteiger partial charge in [-0.1, -0.05) is 43.3 Å². The first kappa shape index (κ1) is 30.9. The van der Waals surface area contributed by atoms with E-state index in [9.17, 15) is 22.7 Å². The summed E-state index contributed by atoms with van der Waals surface area (Å²) in [6, 6.07) is 15.9. The van der Waals surface area contributed by atoms with Gasteiger partial charge in [0.05, 0.1) is 11.3 Å². The van der Waals surface area contributed by atoms with Crippen LogP contribution in [0.1, 0.15) is 64.6 Å². The predicted molar refractivity (Wildman–Crippen MR) is 160 cm³/mol. The molecular weight excluding hydrogens is 539 g/mol. The summed E-state index contributed by atoms with van der Waals surface area (Å²) in [7, 11) is 0.354. The molecule has 1 aliphatic heterocycles. The minimum atomic E-state index is -3.74. The van der Waals surface area contributed by atoms with Crippen LogP contribution < -0.4 is 0 Å². The number of sulfonamides is 1. The zero-order chi connectivity index (χ0) is 29.9. The monoisotopic (exact) mass is 580 g/mol. The highest BCUT2D eigenvalue weighted by Crippen LogP contribution is 2.34. The van der Waals surface area contributed by atoms with Gasteiger partial charge < -0.3 is 10.0 Å². The summed E-state index contributed by atoms with van der Waals surface area (Å²) in [6.07, 6.45) is 2.45. The molecule has 1 aliphatic rings. The maximum Gasteiger partial charge on any atom is 0.304 e. The lowest BCUT2D eigenvalue weighted by molar-refractivity contribution is -0.137. The molecule has 1 N–H and O–H groups in total. The summed E-state index contributed by atoms with van der Waals surface area (Å²) in [5.41, 5.74) is 5.99. The molecule has 0 spiro atoms. The van der Waals surface area contributed by atoms with Gasteiger partial charge in [0.2, 0.25) is 10.0 Å². The Balaban J connectivity index is 1.66. The van der Waals surface area contributed by atoms with Crippen LogP contribution in [0, 0.1) is 25.6 Å². The Morgan fingerprint density at radius 1 is 1.07 bits per heavy atom. The molecule has 8 heteroatoms. The largest absolute Gasteiger partial charge is 0.481 e. The van der Waals surface area contributed by atoms with Crippen molar-refractivity contribution < 1.29 is 22.7 Å². The topological polar surface area (TPSA) is 77.9 Å². The van der Waals surface area contributed by atoms with Gasteiger partial charge in [0.15, 0.2) is 0 Å². The number of hydrogen-bond donors (Lipinski definition) is 1. The van der Waals surface area contributed by atoms with Crippen molar-refractivity contribution in [3.63, 3.8) is 0 Å². The molecule has 6 nitrogen and oxygen atoms in total. The van der Waals surface area contributed by atoms with E-state index in [-0.39, 0.29) is 24.7 Å². The van der Waals surface area contributed by atoms with Crippen LogP contribution in [0.5, 0.6) is 0 Å². The highest BCUT2D eigenvalue weighted by Gasteiger charge is 2.33. The molecule has 2 unspecified atom stereocenters. The maximum atomic E-state index is 14.0. The van der Waals surface area contributed by atoms with Crippen molar-refractivity contribution in [2.24, 2.45) is 5.92 Å². The van der Waals surface area contributed by atoms with E-state index < -0.39 is 21.9 Å². The third kappa shape index (κ3) is 7.42. The molecule has 0 bridgehead atoms. The molecule has 0 saturated heterocycles. The fourth-order valence-electron chi connectivity index (χ4n) is 5.85. The minimum absolute atomic E-state index is 0.133. The first-order valence-electron chi connectivity index (χ1n) is 14.2. The van der Waals surface area contributed by atoms with Crippen LogP contribution >= 0.6 is 0 Å². The highest BCUT2D eigenvalue weighted by atomic mass is 32.2. The summed E-state index contributed by atoms with van der Waals surface area (Å²) < 4.78 is 43.3. The molecule has 3 aromatic rings. The van der Waals surface area contributed by atoms with Crippen LogP contribution in [0.3, 0.4) is 0 Å². The quantitative estimate of drug-likeness (QED) is 0.322. The number of aryl methyl sites for hydroxylation is 3. The molecule has 0 aliphatic carbocycles. The summed E-state index contributed by atoms with van der Waals surface area (Å²) in [5, 5.41) is 9.69. The Morgan fingerprint density at radius 2 is 1.83 bits per heavy atom. The number of carboxylic acids is 1. The molecule has 220 valence electrons. The van der Waals surface area contributed by atoms with E-state index in [1.165, 1.54) is 12.1 Å². The normalized spacial score (nSPS) is 17.7. The van der Waals surface area contributed by atoms with Crippen molar-refractivity contribution in [1.82, 2.24) is 9.21 Å². The van der Waals surface area contributed by atoms with Crippen LogP contribution in [-0.2, 0) is 34.2 Å². The summed E-state index contributed by atoms with van der Waals surface area (Å²) in [6.45, 7) is 7.37. The predicted octanol–water partition coefficient (Wildman–Crippen LogP) is 5.93. The van der Waals surface area contributed by atoms with Gasteiger partial charge in [-0.25, -0.2) is 12.8 Å². The molecule has 0 amide bonds. The van der Waals surface area contributed by atoms with E-state index in [0.717, 1.165) is 52.8 Å². The van der Waals surface area contributed by atoms with E-state index in [1.807, 2.05) is 45.3 Å². The molecule has 0 fully saturated rings.